The van der Waals surface area contributed by atoms with E-state index in [1.54, 1.807) is 0 Å². The lowest BCUT2D eigenvalue weighted by Gasteiger charge is -2.38. The van der Waals surface area contributed by atoms with Crippen molar-refractivity contribution < 1.29 is 14.1 Å². The molecule has 144 valence electrons. The van der Waals surface area contributed by atoms with Crippen molar-refractivity contribution in [2.75, 3.05) is 32.8 Å². The zero-order valence-corrected chi connectivity index (χ0v) is 15.9. The number of rotatable bonds is 5. The zero-order chi connectivity index (χ0) is 18.1. The van der Waals surface area contributed by atoms with Crippen LogP contribution in [0.4, 0.5) is 0 Å². The summed E-state index contributed by atoms with van der Waals surface area (Å²) < 4.78 is 11.0. The quantitative estimate of drug-likeness (QED) is 0.801. The van der Waals surface area contributed by atoms with Crippen molar-refractivity contribution in [3.63, 3.8) is 0 Å². The Bertz CT molecular complexity index is 630. The molecule has 0 aromatic carbocycles. The second kappa shape index (κ2) is 7.27. The molecule has 26 heavy (non-hydrogen) atoms. The van der Waals surface area contributed by atoms with Crippen LogP contribution in [0.1, 0.15) is 63.8 Å². The summed E-state index contributed by atoms with van der Waals surface area (Å²) in [6.45, 7) is 9.66. The fourth-order valence-corrected chi connectivity index (χ4v) is 4.54. The summed E-state index contributed by atoms with van der Waals surface area (Å²) in [5.41, 5.74) is 0.183. The van der Waals surface area contributed by atoms with Gasteiger partial charge in [-0.05, 0) is 50.1 Å². The molecule has 0 aliphatic carbocycles. The van der Waals surface area contributed by atoms with Crippen molar-refractivity contribution in [3.8, 4) is 0 Å². The van der Waals surface area contributed by atoms with Crippen molar-refractivity contribution in [1.29, 1.82) is 0 Å². The first-order valence-electron chi connectivity index (χ1n) is 9.97. The summed E-state index contributed by atoms with van der Waals surface area (Å²) in [6.07, 6.45) is 4.88. The maximum atomic E-state index is 12.4. The Labute approximate surface area is 155 Å². The van der Waals surface area contributed by atoms with E-state index in [4.69, 9.17) is 9.26 Å². The van der Waals surface area contributed by atoms with Gasteiger partial charge >= 0.3 is 0 Å². The van der Waals surface area contributed by atoms with Gasteiger partial charge in [-0.25, -0.2) is 0 Å². The van der Waals surface area contributed by atoms with Crippen LogP contribution >= 0.6 is 0 Å². The first kappa shape index (κ1) is 17.9. The predicted octanol–water partition coefficient (Wildman–Crippen LogP) is 2.39. The van der Waals surface area contributed by atoms with Gasteiger partial charge in [0.05, 0.1) is 6.54 Å². The number of ether oxygens (including phenoxy) is 1. The topological polar surface area (TPSA) is 71.7 Å². The summed E-state index contributed by atoms with van der Waals surface area (Å²) in [5, 5.41) is 4.13. The molecular formula is C19H30N4O3. The van der Waals surface area contributed by atoms with Crippen LogP contribution in [0.2, 0.25) is 0 Å². The highest BCUT2D eigenvalue weighted by Gasteiger charge is 2.44. The van der Waals surface area contributed by atoms with Gasteiger partial charge in [-0.15, -0.1) is 0 Å². The van der Waals surface area contributed by atoms with Gasteiger partial charge in [0.25, 0.3) is 5.89 Å². The van der Waals surface area contributed by atoms with Gasteiger partial charge in [-0.3, -0.25) is 9.69 Å². The first-order chi connectivity index (χ1) is 12.5. The minimum atomic E-state index is -0.0164. The molecule has 3 fully saturated rings. The largest absolute Gasteiger partial charge is 0.368 e. The number of likely N-dealkylation sites (tertiary alicyclic amines) is 2. The average molecular weight is 362 g/mol. The lowest BCUT2D eigenvalue weighted by Crippen LogP contribution is -2.41. The highest BCUT2D eigenvalue weighted by atomic mass is 16.5. The van der Waals surface area contributed by atoms with Gasteiger partial charge in [0.1, 0.15) is 6.10 Å². The molecule has 0 saturated carbocycles. The van der Waals surface area contributed by atoms with E-state index in [1.165, 1.54) is 0 Å². The smallest absolute Gasteiger partial charge is 0.255 e. The van der Waals surface area contributed by atoms with E-state index in [2.05, 4.69) is 33.8 Å². The first-order valence-corrected chi connectivity index (χ1v) is 9.97. The molecule has 3 saturated heterocycles. The number of amides is 1. The maximum Gasteiger partial charge on any atom is 0.255 e. The number of hydrogen-bond acceptors (Lipinski definition) is 6. The molecule has 0 unspecified atom stereocenters. The molecule has 1 amide bonds. The number of carbonyl (C=O) groups excluding carboxylic acids is 1. The van der Waals surface area contributed by atoms with Crippen molar-refractivity contribution in [3.05, 3.63) is 11.7 Å². The lowest BCUT2D eigenvalue weighted by molar-refractivity contribution is -0.128. The van der Waals surface area contributed by atoms with Gasteiger partial charge in [-0.2, -0.15) is 4.98 Å². The number of carbonyl (C=O) groups is 1. The Hall–Kier alpha value is -1.47. The molecule has 0 bridgehead atoms. The number of piperidine rings is 1. The molecule has 1 atom stereocenters. The van der Waals surface area contributed by atoms with Crippen LogP contribution in [0, 0.1) is 11.3 Å². The molecule has 4 heterocycles. The summed E-state index contributed by atoms with van der Waals surface area (Å²) in [7, 11) is 0. The van der Waals surface area contributed by atoms with Crippen LogP contribution in [0.25, 0.3) is 0 Å². The Kier molecular flexibility index (Phi) is 5.01. The summed E-state index contributed by atoms with van der Waals surface area (Å²) in [4.78, 5) is 21.3. The van der Waals surface area contributed by atoms with E-state index >= 15 is 0 Å². The van der Waals surface area contributed by atoms with Gasteiger partial charge in [0, 0.05) is 26.1 Å². The Morgan fingerprint density at radius 1 is 1.31 bits per heavy atom. The monoisotopic (exact) mass is 362 g/mol. The third-order valence-corrected chi connectivity index (χ3v) is 5.96. The minimum Gasteiger partial charge on any atom is -0.368 e. The van der Waals surface area contributed by atoms with Crippen LogP contribution in [0.15, 0.2) is 4.52 Å². The van der Waals surface area contributed by atoms with Crippen molar-refractivity contribution in [2.24, 2.45) is 11.3 Å². The molecule has 0 radical (unpaired) electrons. The maximum absolute atomic E-state index is 12.4. The Morgan fingerprint density at radius 3 is 2.81 bits per heavy atom. The summed E-state index contributed by atoms with van der Waals surface area (Å²) in [6, 6.07) is 0. The second-order valence-electron chi connectivity index (χ2n) is 8.67. The number of aromatic nitrogens is 2. The van der Waals surface area contributed by atoms with Crippen molar-refractivity contribution >= 4 is 5.91 Å². The summed E-state index contributed by atoms with van der Waals surface area (Å²) >= 11 is 0. The van der Waals surface area contributed by atoms with Gasteiger partial charge in [0.2, 0.25) is 5.91 Å². The average Bonchev–Trinajstić information content (AvgIpc) is 3.31. The Morgan fingerprint density at radius 2 is 2.12 bits per heavy atom. The van der Waals surface area contributed by atoms with Crippen LogP contribution < -0.4 is 0 Å². The van der Waals surface area contributed by atoms with Crippen LogP contribution in [0.3, 0.4) is 0 Å². The Balaban J connectivity index is 1.29. The fraction of sp³-hybridized carbons (Fsp3) is 0.842. The number of hydrogen-bond donors (Lipinski definition) is 0. The molecule has 0 N–H and O–H groups in total. The van der Waals surface area contributed by atoms with Gasteiger partial charge in [-0.1, -0.05) is 19.0 Å². The second-order valence-corrected chi connectivity index (χ2v) is 8.67. The van der Waals surface area contributed by atoms with Crippen molar-refractivity contribution in [2.45, 2.75) is 58.6 Å². The molecule has 1 aromatic rings. The summed E-state index contributed by atoms with van der Waals surface area (Å²) in [5.74, 6) is 2.24. The van der Waals surface area contributed by atoms with E-state index in [9.17, 15) is 4.79 Å². The van der Waals surface area contributed by atoms with Gasteiger partial charge < -0.3 is 14.2 Å². The highest BCUT2D eigenvalue weighted by Crippen LogP contribution is 2.41. The van der Waals surface area contributed by atoms with Crippen LogP contribution in [-0.2, 0) is 16.1 Å². The molecule has 1 spiro atoms. The van der Waals surface area contributed by atoms with E-state index in [1.807, 2.05) is 0 Å². The standard InChI is InChI=1S/C19H30N4O3/c1-14(2)11-23-13-19(10-17(23)24)5-7-22(8-6-19)12-16-20-18(26-21-16)15-4-3-9-25-15/h14-15H,3-13H2,1-2H3/t15-/m0/s1. The van der Waals surface area contributed by atoms with E-state index in [0.717, 1.165) is 77.3 Å². The molecule has 1 aromatic heterocycles. The van der Waals surface area contributed by atoms with E-state index < -0.39 is 0 Å². The molecule has 7 nitrogen and oxygen atoms in total. The fourth-order valence-electron chi connectivity index (χ4n) is 4.54. The van der Waals surface area contributed by atoms with Crippen LogP contribution in [-0.4, -0.2) is 58.6 Å². The third-order valence-electron chi connectivity index (χ3n) is 5.96. The van der Waals surface area contributed by atoms with E-state index in [0.29, 0.717) is 17.7 Å². The molecule has 7 heteroatoms. The van der Waals surface area contributed by atoms with Crippen molar-refractivity contribution in [1.82, 2.24) is 19.9 Å². The minimum absolute atomic E-state index is 0.0164. The lowest BCUT2D eigenvalue weighted by atomic mass is 9.77. The molecular weight excluding hydrogens is 332 g/mol. The van der Waals surface area contributed by atoms with Crippen LogP contribution in [0.5, 0.6) is 0 Å². The number of nitrogens with zero attached hydrogens (tertiary/aromatic N) is 4. The SMILES string of the molecule is CC(C)CN1CC2(CCN(Cc3noc([C@@H]4CCCO4)n3)CC2)CC1=O. The predicted molar refractivity (Wildman–Crippen MR) is 95.2 cm³/mol. The third kappa shape index (κ3) is 3.78. The highest BCUT2D eigenvalue weighted by molar-refractivity contribution is 5.79. The molecule has 3 aliphatic rings. The zero-order valence-electron chi connectivity index (χ0n) is 15.9. The molecule has 4 rings (SSSR count). The van der Waals surface area contributed by atoms with Gasteiger partial charge in [0.15, 0.2) is 5.82 Å². The van der Waals surface area contributed by atoms with E-state index in [-0.39, 0.29) is 11.5 Å². The molecule has 3 aliphatic heterocycles. The normalized spacial score (nSPS) is 26.5.